The lowest BCUT2D eigenvalue weighted by Crippen LogP contribution is -2.03. The lowest BCUT2D eigenvalue weighted by atomic mass is 10.0. The molecule has 0 aliphatic carbocycles. The first-order valence-corrected chi connectivity index (χ1v) is 18.2. The number of pyridine rings is 1. The number of rotatable bonds is 5. The van der Waals surface area contributed by atoms with Gasteiger partial charge in [0.2, 0.25) is 0 Å². The molecule has 6 nitrogen and oxygen atoms in total. The summed E-state index contributed by atoms with van der Waals surface area (Å²) < 4.78 is 4.47. The smallest absolute Gasteiger partial charge is 0.187 e. The van der Waals surface area contributed by atoms with E-state index < -0.39 is 0 Å². The van der Waals surface area contributed by atoms with Gasteiger partial charge in [0, 0.05) is 27.1 Å². The molecule has 0 bridgehead atoms. The average Bonchev–Trinajstić information content (AvgIpc) is 3.78. The second-order valence-electron chi connectivity index (χ2n) is 13.8. The molecule has 6 heteroatoms. The Morgan fingerprint density at radius 2 is 0.982 bits per heavy atom. The van der Waals surface area contributed by atoms with Gasteiger partial charge in [-0.3, -0.25) is 4.57 Å². The number of benzene rings is 7. The highest BCUT2D eigenvalue weighted by atomic mass is 15.1. The van der Waals surface area contributed by atoms with Crippen LogP contribution in [0.25, 0.3) is 93.3 Å². The topological polar surface area (TPSA) is 74.7 Å². The molecule has 0 unspecified atom stereocenters. The van der Waals surface area contributed by atoms with Gasteiger partial charge >= 0.3 is 0 Å². The minimum atomic E-state index is 0.567. The van der Waals surface area contributed by atoms with Gasteiger partial charge in [0.25, 0.3) is 0 Å². The normalized spacial score (nSPS) is 11.2. The molecular formula is C50H28N6. The summed E-state index contributed by atoms with van der Waals surface area (Å²) in [5.41, 5.74) is 12.4. The Morgan fingerprint density at radius 1 is 0.464 bits per heavy atom. The van der Waals surface area contributed by atoms with Crippen LogP contribution in [-0.2, 0) is 0 Å². The molecule has 0 saturated carbocycles. The van der Waals surface area contributed by atoms with Gasteiger partial charge in [-0.15, -0.1) is 0 Å². The van der Waals surface area contributed by atoms with E-state index in [4.69, 9.17) is 11.6 Å². The van der Waals surface area contributed by atoms with Gasteiger partial charge in [-0.1, -0.05) is 103 Å². The SMILES string of the molecule is [C-]#[N+]c1cccc(-c2ccc3c4ccccc4n(-c4cnc(-n5c6ccccc6c6ccc(-c7cccc(C#N)c7)cc65)cc4-c4cccc(C#N)c4)c3c2)c1. The first kappa shape index (κ1) is 32.4. The molecule has 0 aliphatic rings. The van der Waals surface area contributed by atoms with Crippen molar-refractivity contribution in [1.29, 1.82) is 10.5 Å². The zero-order valence-corrected chi connectivity index (χ0v) is 29.8. The van der Waals surface area contributed by atoms with Gasteiger partial charge in [0.15, 0.2) is 5.69 Å². The fourth-order valence-electron chi connectivity index (χ4n) is 8.06. The molecule has 0 saturated heterocycles. The molecule has 3 aromatic heterocycles. The van der Waals surface area contributed by atoms with E-state index in [1.807, 2.05) is 85.1 Å². The Kier molecular flexibility index (Phi) is 7.53. The second kappa shape index (κ2) is 13.0. The summed E-state index contributed by atoms with van der Waals surface area (Å²) in [6.45, 7) is 7.59. The van der Waals surface area contributed by atoms with Crippen molar-refractivity contribution < 1.29 is 0 Å². The number of aromatic nitrogens is 3. The molecule has 3 heterocycles. The van der Waals surface area contributed by atoms with Crippen molar-refractivity contribution in [3.63, 3.8) is 0 Å². The van der Waals surface area contributed by atoms with Crippen LogP contribution in [0, 0.1) is 29.2 Å². The third kappa shape index (κ3) is 5.20. The summed E-state index contributed by atoms with van der Waals surface area (Å²) in [5, 5.41) is 24.0. The molecule has 0 aliphatic heterocycles. The Hall–Kier alpha value is -8.24. The van der Waals surface area contributed by atoms with Crippen molar-refractivity contribution in [1.82, 2.24) is 14.1 Å². The number of nitrogens with zero attached hydrogens (tertiary/aromatic N) is 6. The maximum atomic E-state index is 10.0. The molecule has 10 rings (SSSR count). The van der Waals surface area contributed by atoms with Crippen molar-refractivity contribution in [2.24, 2.45) is 0 Å². The Bertz CT molecular complexity index is 3360. The Morgan fingerprint density at radius 3 is 1.62 bits per heavy atom. The van der Waals surface area contributed by atoms with Crippen molar-refractivity contribution in [2.45, 2.75) is 0 Å². The molecular weight excluding hydrogens is 685 g/mol. The molecule has 258 valence electrons. The monoisotopic (exact) mass is 712 g/mol. The largest absolute Gasteiger partial charge is 0.307 e. The van der Waals surface area contributed by atoms with E-state index in [0.717, 1.165) is 88.5 Å². The maximum absolute atomic E-state index is 10.0. The highest BCUT2D eigenvalue weighted by Crippen LogP contribution is 2.40. The lowest BCUT2D eigenvalue weighted by Gasteiger charge is -2.17. The Balaban J connectivity index is 1.26. The predicted octanol–water partition coefficient (Wildman–Crippen LogP) is 12.6. The standard InChI is InChI=1S/C50H28N6/c1-53-39-14-8-12-35(25-39)37-20-21-42-40-15-2-4-17-45(40)55(47(42)26-37)49-31-54-50(28-44(49)38-13-7-10-33(24-38)30-52)56-46-18-5-3-16-41(46)43-22-19-36(27-48(43)56)34-11-6-9-32(23-34)29-51/h2-28,31H. The molecule has 0 spiro atoms. The van der Waals surface area contributed by atoms with Crippen molar-refractivity contribution in [2.75, 3.05) is 0 Å². The highest BCUT2D eigenvalue weighted by molar-refractivity contribution is 6.12. The van der Waals surface area contributed by atoms with Crippen LogP contribution in [-0.4, -0.2) is 14.1 Å². The van der Waals surface area contributed by atoms with Crippen molar-refractivity contribution in [3.8, 4) is 57.0 Å². The minimum absolute atomic E-state index is 0.567. The third-order valence-electron chi connectivity index (χ3n) is 10.6. The summed E-state index contributed by atoms with van der Waals surface area (Å²) >= 11 is 0. The first-order valence-electron chi connectivity index (χ1n) is 18.2. The summed E-state index contributed by atoms with van der Waals surface area (Å²) in [4.78, 5) is 8.93. The van der Waals surface area contributed by atoms with Crippen molar-refractivity contribution >= 4 is 49.3 Å². The molecule has 0 fully saturated rings. The van der Waals surface area contributed by atoms with Crippen LogP contribution < -0.4 is 0 Å². The minimum Gasteiger partial charge on any atom is -0.307 e. The van der Waals surface area contributed by atoms with Crippen LogP contribution in [0.4, 0.5) is 5.69 Å². The van der Waals surface area contributed by atoms with E-state index in [2.05, 4.69) is 111 Å². The number of para-hydroxylation sites is 2. The van der Waals surface area contributed by atoms with E-state index in [-0.39, 0.29) is 0 Å². The predicted molar refractivity (Wildman–Crippen MR) is 225 cm³/mol. The summed E-state index contributed by atoms with van der Waals surface area (Å²) in [7, 11) is 0. The van der Waals surface area contributed by atoms with Gasteiger partial charge in [0.1, 0.15) is 5.82 Å². The molecule has 0 atom stereocenters. The number of fused-ring (bicyclic) bond motifs is 6. The van der Waals surface area contributed by atoms with Crippen LogP contribution in [0.15, 0.2) is 170 Å². The number of hydrogen-bond donors (Lipinski definition) is 0. The summed E-state index contributed by atoms with van der Waals surface area (Å²) in [6.07, 6.45) is 1.95. The maximum Gasteiger partial charge on any atom is 0.187 e. The number of nitriles is 2. The van der Waals surface area contributed by atoms with Gasteiger partial charge < -0.3 is 4.57 Å². The van der Waals surface area contributed by atoms with Crippen LogP contribution >= 0.6 is 0 Å². The van der Waals surface area contributed by atoms with E-state index >= 15 is 0 Å². The first-order chi connectivity index (χ1) is 27.6. The summed E-state index contributed by atoms with van der Waals surface area (Å²) in [5.74, 6) is 0.734. The van der Waals surface area contributed by atoms with E-state index in [1.54, 1.807) is 0 Å². The van der Waals surface area contributed by atoms with E-state index in [0.29, 0.717) is 16.8 Å². The van der Waals surface area contributed by atoms with Crippen LogP contribution in [0.3, 0.4) is 0 Å². The average molecular weight is 713 g/mol. The molecule has 10 aromatic rings. The van der Waals surface area contributed by atoms with Gasteiger partial charge in [0.05, 0.1) is 63.8 Å². The van der Waals surface area contributed by atoms with Crippen LogP contribution in [0.2, 0.25) is 0 Å². The quantitative estimate of drug-likeness (QED) is 0.167. The molecule has 0 N–H and O–H groups in total. The Labute approximate surface area is 322 Å². The molecule has 7 aromatic carbocycles. The van der Waals surface area contributed by atoms with Gasteiger partial charge in [-0.25, -0.2) is 9.83 Å². The van der Waals surface area contributed by atoms with E-state index in [1.165, 1.54) is 0 Å². The van der Waals surface area contributed by atoms with Gasteiger partial charge in [-0.05, 0) is 88.5 Å². The third-order valence-corrected chi connectivity index (χ3v) is 10.6. The van der Waals surface area contributed by atoms with Gasteiger partial charge in [-0.2, -0.15) is 10.5 Å². The lowest BCUT2D eigenvalue weighted by molar-refractivity contribution is 1.06. The molecule has 0 radical (unpaired) electrons. The number of hydrogen-bond acceptors (Lipinski definition) is 3. The molecule has 0 amide bonds. The van der Waals surface area contributed by atoms with Crippen LogP contribution in [0.5, 0.6) is 0 Å². The zero-order valence-electron chi connectivity index (χ0n) is 29.8. The van der Waals surface area contributed by atoms with E-state index in [9.17, 15) is 10.5 Å². The fraction of sp³-hybridized carbons (Fsp3) is 0. The van der Waals surface area contributed by atoms with Crippen molar-refractivity contribution in [3.05, 3.63) is 193 Å². The fourth-order valence-corrected chi connectivity index (χ4v) is 8.06. The highest BCUT2D eigenvalue weighted by Gasteiger charge is 2.20. The zero-order chi connectivity index (χ0) is 37.8. The second-order valence-corrected chi connectivity index (χ2v) is 13.8. The van der Waals surface area contributed by atoms with Crippen LogP contribution in [0.1, 0.15) is 11.1 Å². The molecule has 56 heavy (non-hydrogen) atoms. The summed E-state index contributed by atoms with van der Waals surface area (Å²) in [6, 6.07) is 59.5.